The summed E-state index contributed by atoms with van der Waals surface area (Å²) in [5, 5.41) is 5.10. The number of ether oxygens (including phenoxy) is 1. The Morgan fingerprint density at radius 1 is 1.67 bits per heavy atom. The maximum atomic E-state index is 10.6. The van der Waals surface area contributed by atoms with Crippen LogP contribution in [0.15, 0.2) is 5.11 Å². The van der Waals surface area contributed by atoms with E-state index < -0.39 is 6.09 Å². The van der Waals surface area contributed by atoms with E-state index in [-0.39, 0.29) is 19.1 Å². The fourth-order valence-electron chi connectivity index (χ4n) is 0.361. The monoisotopic (exact) mass is 172 g/mol. The van der Waals surface area contributed by atoms with Crippen LogP contribution >= 0.6 is 0 Å². The first-order valence-electron chi connectivity index (χ1n) is 3.07. The van der Waals surface area contributed by atoms with Crippen LogP contribution in [0.3, 0.4) is 0 Å². The van der Waals surface area contributed by atoms with Gasteiger partial charge >= 0.3 is 6.09 Å². The molecule has 0 radical (unpaired) electrons. The van der Waals surface area contributed by atoms with Gasteiger partial charge in [-0.2, -0.15) is 0 Å². The predicted octanol–water partition coefficient (Wildman–Crippen LogP) is 0.569. The van der Waals surface area contributed by atoms with E-state index in [0.717, 1.165) is 0 Å². The maximum absolute atomic E-state index is 10.6. The van der Waals surface area contributed by atoms with E-state index in [1.807, 2.05) is 0 Å². The Balaban J connectivity index is 3.46. The quantitative estimate of drug-likeness (QED) is 0.380. The molecule has 1 N–H and O–H groups in total. The molecule has 0 aromatic rings. The molecular weight excluding hydrogens is 164 g/mol. The Hall–Kier alpha value is -1.75. The molecule has 0 fully saturated rings. The number of ketones is 1. The van der Waals surface area contributed by atoms with Crippen molar-refractivity contribution < 1.29 is 14.3 Å². The number of nitrogens with one attached hydrogen (secondary N) is 1. The minimum Gasteiger partial charge on any atom is -0.443 e. The second kappa shape index (κ2) is 5.99. The van der Waals surface area contributed by atoms with Crippen molar-refractivity contribution >= 4 is 11.9 Å². The molecule has 0 bridgehead atoms. The topological polar surface area (TPSA) is 104 Å². The lowest BCUT2D eigenvalue weighted by Gasteiger charge is -2.00. The van der Waals surface area contributed by atoms with Crippen LogP contribution in [0.1, 0.15) is 6.92 Å². The van der Waals surface area contributed by atoms with Crippen LogP contribution in [0.5, 0.6) is 0 Å². The molecule has 66 valence electrons. The average Bonchev–Trinajstić information content (AvgIpc) is 2.01. The Labute approximate surface area is 68.3 Å². The highest BCUT2D eigenvalue weighted by Crippen LogP contribution is 1.78. The number of carbonyl (C=O) groups is 2. The van der Waals surface area contributed by atoms with Crippen LogP contribution in [0.25, 0.3) is 10.4 Å². The summed E-state index contributed by atoms with van der Waals surface area (Å²) in [6.45, 7) is 0.864. The van der Waals surface area contributed by atoms with Crippen LogP contribution in [0.2, 0.25) is 0 Å². The van der Waals surface area contributed by atoms with E-state index in [1.165, 1.54) is 6.92 Å². The summed E-state index contributed by atoms with van der Waals surface area (Å²) in [5.74, 6) is -0.185. The Kier molecular flexibility index (Phi) is 5.12. The summed E-state index contributed by atoms with van der Waals surface area (Å²) < 4.78 is 4.31. The zero-order valence-corrected chi connectivity index (χ0v) is 6.48. The molecule has 0 saturated heterocycles. The van der Waals surface area contributed by atoms with Crippen LogP contribution in [-0.2, 0) is 9.53 Å². The molecule has 0 unspecified atom stereocenters. The van der Waals surface area contributed by atoms with Gasteiger partial charge < -0.3 is 10.1 Å². The van der Waals surface area contributed by atoms with Crippen LogP contribution in [0, 0.1) is 0 Å². The standard InChI is InChI=1S/C5H8N4O3/c1-4(10)2-7-5(11)12-3-8-9-6/h2-3H2,1H3,(H,7,11). The first kappa shape index (κ1) is 10.2. The molecule has 0 aromatic carbocycles. The number of alkyl carbamates (subject to hydrolysis) is 1. The Morgan fingerprint density at radius 2 is 2.33 bits per heavy atom. The number of azide groups is 1. The van der Waals surface area contributed by atoms with Gasteiger partial charge in [0, 0.05) is 4.91 Å². The third kappa shape index (κ3) is 6.37. The molecule has 0 aliphatic rings. The highest BCUT2D eigenvalue weighted by atomic mass is 16.6. The van der Waals surface area contributed by atoms with Crippen molar-refractivity contribution in [2.24, 2.45) is 5.11 Å². The summed E-state index contributed by atoms with van der Waals surface area (Å²) in [7, 11) is 0. The first-order valence-corrected chi connectivity index (χ1v) is 3.07. The van der Waals surface area contributed by atoms with Gasteiger partial charge in [0.25, 0.3) is 0 Å². The summed E-state index contributed by atoms with van der Waals surface area (Å²) >= 11 is 0. The molecule has 0 saturated carbocycles. The third-order valence-electron chi connectivity index (χ3n) is 0.798. The smallest absolute Gasteiger partial charge is 0.407 e. The first-order chi connectivity index (χ1) is 5.66. The van der Waals surface area contributed by atoms with Gasteiger partial charge in [-0.25, -0.2) is 4.79 Å². The molecule has 0 aliphatic carbocycles. The summed E-state index contributed by atoms with van der Waals surface area (Å²) in [6.07, 6.45) is -0.780. The van der Waals surface area contributed by atoms with Gasteiger partial charge in [0.1, 0.15) is 5.78 Å². The number of nitrogens with zero attached hydrogens (tertiary/aromatic N) is 3. The molecule has 0 rings (SSSR count). The second-order valence-electron chi connectivity index (χ2n) is 1.85. The fraction of sp³-hybridized carbons (Fsp3) is 0.600. The minimum absolute atomic E-state index is 0.0882. The highest BCUT2D eigenvalue weighted by molar-refractivity contribution is 5.81. The average molecular weight is 172 g/mol. The van der Waals surface area contributed by atoms with Gasteiger partial charge in [-0.05, 0) is 12.5 Å². The number of amides is 1. The fourth-order valence-corrected chi connectivity index (χ4v) is 0.361. The predicted molar refractivity (Wildman–Crippen MR) is 39.2 cm³/mol. The van der Waals surface area contributed by atoms with Crippen LogP contribution < -0.4 is 5.32 Å². The summed E-state index contributed by atoms with van der Waals surface area (Å²) in [4.78, 5) is 23.2. The molecule has 0 spiro atoms. The van der Waals surface area contributed by atoms with Gasteiger partial charge in [-0.1, -0.05) is 5.11 Å². The Bertz CT molecular complexity index is 213. The van der Waals surface area contributed by atoms with Crippen molar-refractivity contribution in [1.82, 2.24) is 5.32 Å². The van der Waals surface area contributed by atoms with Gasteiger partial charge in [-0.15, -0.1) is 0 Å². The number of hydrogen-bond acceptors (Lipinski definition) is 4. The van der Waals surface area contributed by atoms with E-state index in [9.17, 15) is 9.59 Å². The SMILES string of the molecule is CC(=O)CNC(=O)OCN=[N+]=[N-]. The molecule has 0 aliphatic heterocycles. The largest absolute Gasteiger partial charge is 0.443 e. The number of hydrogen-bond donors (Lipinski definition) is 1. The molecule has 1 amide bonds. The zero-order chi connectivity index (χ0) is 9.40. The number of Topliss-reactive ketones (excluding diaryl/α,β-unsaturated/α-hetero) is 1. The van der Waals surface area contributed by atoms with Gasteiger partial charge in [0.05, 0.1) is 6.54 Å². The van der Waals surface area contributed by atoms with Crippen molar-refractivity contribution in [2.45, 2.75) is 6.92 Å². The minimum atomic E-state index is -0.780. The molecule has 0 aromatic heterocycles. The van der Waals surface area contributed by atoms with Gasteiger partial charge in [0.15, 0.2) is 6.73 Å². The number of rotatable bonds is 4. The molecule has 7 nitrogen and oxygen atoms in total. The van der Waals surface area contributed by atoms with E-state index in [4.69, 9.17) is 5.53 Å². The lowest BCUT2D eigenvalue weighted by atomic mass is 10.4. The van der Waals surface area contributed by atoms with Crippen molar-refractivity contribution in [1.29, 1.82) is 0 Å². The molecule has 0 atom stereocenters. The highest BCUT2D eigenvalue weighted by Gasteiger charge is 2.00. The van der Waals surface area contributed by atoms with E-state index in [2.05, 4.69) is 20.1 Å². The zero-order valence-electron chi connectivity index (χ0n) is 6.48. The molecule has 0 heterocycles. The summed E-state index contributed by atoms with van der Waals surface area (Å²) in [6, 6.07) is 0. The van der Waals surface area contributed by atoms with Crippen molar-refractivity contribution in [3.63, 3.8) is 0 Å². The second-order valence-corrected chi connectivity index (χ2v) is 1.85. The number of carbonyl (C=O) groups excluding carboxylic acids is 2. The van der Waals surface area contributed by atoms with Crippen LogP contribution in [-0.4, -0.2) is 25.2 Å². The normalized spacial score (nSPS) is 8.08. The molecule has 12 heavy (non-hydrogen) atoms. The van der Waals surface area contributed by atoms with Crippen molar-refractivity contribution in [3.05, 3.63) is 10.4 Å². The molecule has 7 heteroatoms. The van der Waals surface area contributed by atoms with Crippen molar-refractivity contribution in [3.8, 4) is 0 Å². The van der Waals surface area contributed by atoms with E-state index >= 15 is 0 Å². The Morgan fingerprint density at radius 3 is 2.83 bits per heavy atom. The van der Waals surface area contributed by atoms with Gasteiger partial charge in [0.2, 0.25) is 0 Å². The van der Waals surface area contributed by atoms with E-state index in [0.29, 0.717) is 0 Å². The van der Waals surface area contributed by atoms with Crippen LogP contribution in [0.4, 0.5) is 4.79 Å². The third-order valence-corrected chi connectivity index (χ3v) is 0.798. The lowest BCUT2D eigenvalue weighted by Crippen LogP contribution is -2.28. The lowest BCUT2D eigenvalue weighted by molar-refractivity contribution is -0.116. The molecular formula is C5H8N4O3. The van der Waals surface area contributed by atoms with Crippen molar-refractivity contribution in [2.75, 3.05) is 13.3 Å². The maximum Gasteiger partial charge on any atom is 0.407 e. The van der Waals surface area contributed by atoms with E-state index in [1.54, 1.807) is 0 Å². The summed E-state index contributed by atoms with van der Waals surface area (Å²) in [5.41, 5.74) is 7.79. The van der Waals surface area contributed by atoms with Gasteiger partial charge in [-0.3, -0.25) is 4.79 Å².